The zero-order valence-electron chi connectivity index (χ0n) is 9.33. The fraction of sp³-hybridized carbons (Fsp3) is 0.0909. The van der Waals surface area contributed by atoms with Crippen LogP contribution in [0.1, 0.15) is 5.56 Å². The van der Waals surface area contributed by atoms with Gasteiger partial charge in [0, 0.05) is 18.2 Å². The predicted molar refractivity (Wildman–Crippen MR) is 64.9 cm³/mol. The molecule has 0 saturated heterocycles. The number of hydrogen-bond acceptors (Lipinski definition) is 5. The van der Waals surface area contributed by atoms with Gasteiger partial charge >= 0.3 is 0 Å². The van der Waals surface area contributed by atoms with Crippen LogP contribution in [0.25, 0.3) is 0 Å². The maximum absolute atomic E-state index is 10.6. The van der Waals surface area contributed by atoms with E-state index in [9.17, 15) is 10.1 Å². The van der Waals surface area contributed by atoms with Crippen molar-refractivity contribution in [3.8, 4) is 11.6 Å². The molecule has 0 saturated carbocycles. The number of nitro groups is 1. The highest BCUT2D eigenvalue weighted by Crippen LogP contribution is 2.27. The van der Waals surface area contributed by atoms with Crippen LogP contribution in [0.4, 0.5) is 5.69 Å². The molecule has 0 atom stereocenters. The van der Waals surface area contributed by atoms with Crippen LogP contribution in [0, 0.1) is 17.0 Å². The van der Waals surface area contributed by atoms with Gasteiger partial charge in [0.25, 0.3) is 5.69 Å². The summed E-state index contributed by atoms with van der Waals surface area (Å²) in [6.07, 6.45) is 1.28. The van der Waals surface area contributed by atoms with Crippen molar-refractivity contribution in [2.45, 2.75) is 6.92 Å². The third-order valence-corrected chi connectivity index (χ3v) is 2.40. The average molecular weight is 266 g/mol. The molecule has 0 bridgehead atoms. The first-order valence-electron chi connectivity index (χ1n) is 4.96. The Kier molecular flexibility index (Phi) is 3.38. The van der Waals surface area contributed by atoms with Gasteiger partial charge in [-0.15, -0.1) is 0 Å². The topological polar surface area (TPSA) is 78.2 Å². The molecule has 0 unspecified atom stereocenters. The van der Waals surface area contributed by atoms with E-state index >= 15 is 0 Å². The Morgan fingerprint density at radius 1 is 1.33 bits per heavy atom. The number of rotatable bonds is 3. The van der Waals surface area contributed by atoms with E-state index in [0.717, 1.165) is 0 Å². The lowest BCUT2D eigenvalue weighted by Crippen LogP contribution is -1.93. The normalized spacial score (nSPS) is 10.1. The highest BCUT2D eigenvalue weighted by atomic mass is 35.5. The number of aromatic nitrogens is 2. The number of hydrogen-bond donors (Lipinski definition) is 0. The molecular formula is C11H8ClN3O3. The Morgan fingerprint density at radius 2 is 2.11 bits per heavy atom. The molecule has 0 aliphatic carbocycles. The Bertz CT molecular complexity index is 604. The summed E-state index contributed by atoms with van der Waals surface area (Å²) in [5.41, 5.74) is 0.652. The maximum Gasteiger partial charge on any atom is 0.269 e. The molecule has 6 nitrogen and oxygen atoms in total. The molecule has 0 radical (unpaired) electrons. The highest BCUT2D eigenvalue weighted by molar-refractivity contribution is 6.29. The number of halogens is 1. The van der Waals surface area contributed by atoms with Gasteiger partial charge in [0.15, 0.2) is 0 Å². The van der Waals surface area contributed by atoms with Crippen LogP contribution in [0.5, 0.6) is 11.6 Å². The van der Waals surface area contributed by atoms with E-state index in [-0.39, 0.29) is 16.7 Å². The zero-order valence-corrected chi connectivity index (χ0v) is 10.1. The van der Waals surface area contributed by atoms with Crippen molar-refractivity contribution >= 4 is 17.3 Å². The monoisotopic (exact) mass is 265 g/mol. The summed E-state index contributed by atoms with van der Waals surface area (Å²) in [7, 11) is 0. The first-order valence-corrected chi connectivity index (χ1v) is 5.34. The molecule has 0 aliphatic heterocycles. The minimum Gasteiger partial charge on any atom is -0.439 e. The van der Waals surface area contributed by atoms with Gasteiger partial charge in [-0.1, -0.05) is 11.6 Å². The molecule has 18 heavy (non-hydrogen) atoms. The molecule has 1 aromatic carbocycles. The smallest absolute Gasteiger partial charge is 0.269 e. The zero-order chi connectivity index (χ0) is 13.1. The first kappa shape index (κ1) is 12.3. The summed E-state index contributed by atoms with van der Waals surface area (Å²) in [6, 6.07) is 5.77. The van der Waals surface area contributed by atoms with Crippen LogP contribution in [-0.2, 0) is 0 Å². The third-order valence-electron chi connectivity index (χ3n) is 2.19. The largest absolute Gasteiger partial charge is 0.439 e. The second-order valence-corrected chi connectivity index (χ2v) is 3.88. The fourth-order valence-electron chi connectivity index (χ4n) is 1.35. The molecule has 0 N–H and O–H groups in total. The van der Waals surface area contributed by atoms with Gasteiger partial charge in [-0.25, -0.2) is 9.97 Å². The molecule has 0 aliphatic rings. The standard InChI is InChI=1S/C11H8ClN3O3/c1-7-4-8(15(16)17)2-3-9(7)18-11-5-10(12)13-6-14-11/h2-6H,1H3. The number of nitrogens with zero attached hydrogens (tertiary/aromatic N) is 3. The molecule has 92 valence electrons. The van der Waals surface area contributed by atoms with Gasteiger partial charge in [-0.3, -0.25) is 10.1 Å². The Labute approximate surface area is 107 Å². The van der Waals surface area contributed by atoms with Crippen LogP contribution >= 0.6 is 11.6 Å². The lowest BCUT2D eigenvalue weighted by molar-refractivity contribution is -0.384. The molecule has 0 amide bonds. The van der Waals surface area contributed by atoms with Crippen LogP contribution in [-0.4, -0.2) is 14.9 Å². The molecule has 0 spiro atoms. The SMILES string of the molecule is Cc1cc([N+](=O)[O-])ccc1Oc1cc(Cl)ncn1. The Balaban J connectivity index is 2.27. The molecule has 2 aromatic rings. The number of aryl methyl sites for hydroxylation is 1. The van der Waals surface area contributed by atoms with E-state index < -0.39 is 4.92 Å². The van der Waals surface area contributed by atoms with Crippen LogP contribution in [0.2, 0.25) is 5.15 Å². The molecule has 0 fully saturated rings. The molecule has 7 heteroatoms. The summed E-state index contributed by atoms with van der Waals surface area (Å²) < 4.78 is 5.47. The molecule has 1 aromatic heterocycles. The summed E-state index contributed by atoms with van der Waals surface area (Å²) >= 11 is 5.70. The second kappa shape index (κ2) is 4.97. The van der Waals surface area contributed by atoms with E-state index in [0.29, 0.717) is 11.3 Å². The summed E-state index contributed by atoms with van der Waals surface area (Å²) in [4.78, 5) is 17.7. The maximum atomic E-state index is 10.6. The van der Waals surface area contributed by atoms with Gasteiger partial charge in [-0.05, 0) is 18.6 Å². The second-order valence-electron chi connectivity index (χ2n) is 3.49. The van der Waals surface area contributed by atoms with Crippen molar-refractivity contribution in [1.82, 2.24) is 9.97 Å². The van der Waals surface area contributed by atoms with Crippen LogP contribution < -0.4 is 4.74 Å². The average Bonchev–Trinajstić information content (AvgIpc) is 2.31. The van der Waals surface area contributed by atoms with Crippen molar-refractivity contribution in [1.29, 1.82) is 0 Å². The Hall–Kier alpha value is -2.21. The number of nitro benzene ring substituents is 1. The molecule has 1 heterocycles. The highest BCUT2D eigenvalue weighted by Gasteiger charge is 2.10. The minimum absolute atomic E-state index is 0.0144. The van der Waals surface area contributed by atoms with E-state index in [1.54, 1.807) is 6.92 Å². The van der Waals surface area contributed by atoms with Crippen molar-refractivity contribution in [2.24, 2.45) is 0 Å². The lowest BCUT2D eigenvalue weighted by Gasteiger charge is -2.07. The predicted octanol–water partition coefficient (Wildman–Crippen LogP) is 3.14. The van der Waals surface area contributed by atoms with E-state index in [4.69, 9.17) is 16.3 Å². The van der Waals surface area contributed by atoms with Gasteiger partial charge in [0.1, 0.15) is 17.2 Å². The fourth-order valence-corrected chi connectivity index (χ4v) is 1.48. The number of ether oxygens (including phenoxy) is 1. The Morgan fingerprint density at radius 3 is 2.72 bits per heavy atom. The van der Waals surface area contributed by atoms with Crippen molar-refractivity contribution in [2.75, 3.05) is 0 Å². The van der Waals surface area contributed by atoms with E-state index in [2.05, 4.69) is 9.97 Å². The van der Waals surface area contributed by atoms with Gasteiger partial charge < -0.3 is 4.74 Å². The lowest BCUT2D eigenvalue weighted by atomic mass is 10.2. The number of benzene rings is 1. The molecule has 2 rings (SSSR count). The van der Waals surface area contributed by atoms with Crippen LogP contribution in [0.15, 0.2) is 30.6 Å². The first-order chi connectivity index (χ1) is 8.56. The molecular weight excluding hydrogens is 258 g/mol. The third kappa shape index (κ3) is 2.72. The van der Waals surface area contributed by atoms with Crippen molar-refractivity contribution < 1.29 is 9.66 Å². The van der Waals surface area contributed by atoms with Crippen molar-refractivity contribution in [3.05, 3.63) is 51.4 Å². The van der Waals surface area contributed by atoms with Crippen molar-refractivity contribution in [3.63, 3.8) is 0 Å². The number of non-ortho nitro benzene ring substituents is 1. The van der Waals surface area contributed by atoms with Gasteiger partial charge in [-0.2, -0.15) is 0 Å². The van der Waals surface area contributed by atoms with Gasteiger partial charge in [0.05, 0.1) is 4.92 Å². The summed E-state index contributed by atoms with van der Waals surface area (Å²) in [5.74, 6) is 0.766. The van der Waals surface area contributed by atoms with E-state index in [1.165, 1.54) is 30.6 Å². The minimum atomic E-state index is -0.460. The van der Waals surface area contributed by atoms with E-state index in [1.807, 2.05) is 0 Å². The quantitative estimate of drug-likeness (QED) is 0.484. The summed E-state index contributed by atoms with van der Waals surface area (Å²) in [6.45, 7) is 1.71. The van der Waals surface area contributed by atoms with Crippen LogP contribution in [0.3, 0.4) is 0 Å². The summed E-state index contributed by atoms with van der Waals surface area (Å²) in [5, 5.41) is 10.9. The van der Waals surface area contributed by atoms with Gasteiger partial charge in [0.2, 0.25) is 5.88 Å².